The van der Waals surface area contributed by atoms with Gasteiger partial charge in [-0.15, -0.1) is 10.2 Å². The second kappa shape index (κ2) is 8.87. The number of guanidine groups is 1. The van der Waals surface area contributed by atoms with Crippen molar-refractivity contribution in [1.82, 2.24) is 30.4 Å². The predicted molar refractivity (Wildman–Crippen MR) is 91.4 cm³/mol. The van der Waals surface area contributed by atoms with E-state index >= 15 is 0 Å². The Morgan fingerprint density at radius 2 is 2.13 bits per heavy atom. The van der Waals surface area contributed by atoms with Gasteiger partial charge in [-0.3, -0.25) is 9.98 Å². The van der Waals surface area contributed by atoms with E-state index < -0.39 is 0 Å². The quantitative estimate of drug-likeness (QED) is 0.587. The van der Waals surface area contributed by atoms with Crippen LogP contribution in [0.15, 0.2) is 29.8 Å². The fraction of sp³-hybridized carbons (Fsp3) is 0.500. The number of nitrogens with zero attached hydrogens (tertiary/aromatic N) is 5. The highest BCUT2D eigenvalue weighted by atomic mass is 15.3. The van der Waals surface area contributed by atoms with Crippen LogP contribution in [-0.2, 0) is 19.4 Å². The number of aryl methyl sites for hydroxylation is 2. The molecular formula is C16H25N7. The Kier molecular flexibility index (Phi) is 6.53. The maximum Gasteiger partial charge on any atom is 0.191 e. The Morgan fingerprint density at radius 3 is 2.87 bits per heavy atom. The fourth-order valence-corrected chi connectivity index (χ4v) is 2.35. The summed E-state index contributed by atoms with van der Waals surface area (Å²) in [6.45, 7) is 6.59. The molecule has 0 fully saturated rings. The topological polar surface area (TPSA) is 80.0 Å². The van der Waals surface area contributed by atoms with Crippen molar-refractivity contribution in [3.8, 4) is 0 Å². The second-order valence-corrected chi connectivity index (χ2v) is 5.27. The molecule has 2 N–H and O–H groups in total. The summed E-state index contributed by atoms with van der Waals surface area (Å²) in [5.74, 6) is 1.81. The molecule has 0 amide bonds. The van der Waals surface area contributed by atoms with Crippen molar-refractivity contribution in [3.63, 3.8) is 0 Å². The van der Waals surface area contributed by atoms with Crippen LogP contribution in [0.1, 0.15) is 23.9 Å². The summed E-state index contributed by atoms with van der Waals surface area (Å²) in [7, 11) is 1.78. The van der Waals surface area contributed by atoms with Crippen LogP contribution in [-0.4, -0.2) is 45.8 Å². The zero-order valence-corrected chi connectivity index (χ0v) is 14.1. The Morgan fingerprint density at radius 1 is 1.30 bits per heavy atom. The van der Waals surface area contributed by atoms with Crippen molar-refractivity contribution in [2.24, 2.45) is 4.99 Å². The average molecular weight is 315 g/mol. The van der Waals surface area contributed by atoms with Crippen LogP contribution in [0.25, 0.3) is 0 Å². The molecule has 0 saturated carbocycles. The Labute approximate surface area is 137 Å². The van der Waals surface area contributed by atoms with Gasteiger partial charge in [-0.25, -0.2) is 0 Å². The molecule has 2 aromatic heterocycles. The Bertz CT molecular complexity index is 633. The van der Waals surface area contributed by atoms with Crippen LogP contribution < -0.4 is 10.6 Å². The molecule has 2 heterocycles. The molecule has 0 spiro atoms. The molecule has 0 radical (unpaired) electrons. The zero-order chi connectivity index (χ0) is 16.5. The van der Waals surface area contributed by atoms with Crippen LogP contribution in [0.5, 0.6) is 0 Å². The normalized spacial score (nSPS) is 11.5. The SMILES string of the molecule is CCc1nncn1CCNC(=NC)NCCc1ccncc1C. The molecule has 2 rings (SSSR count). The summed E-state index contributed by atoms with van der Waals surface area (Å²) in [5, 5.41) is 14.7. The highest BCUT2D eigenvalue weighted by molar-refractivity contribution is 5.79. The first-order chi connectivity index (χ1) is 11.2. The number of hydrogen-bond donors (Lipinski definition) is 2. The van der Waals surface area contributed by atoms with E-state index in [9.17, 15) is 0 Å². The molecule has 0 saturated heterocycles. The Hall–Kier alpha value is -2.44. The third-order valence-corrected chi connectivity index (χ3v) is 3.70. The van der Waals surface area contributed by atoms with Crippen molar-refractivity contribution < 1.29 is 0 Å². The fourth-order valence-electron chi connectivity index (χ4n) is 2.35. The molecule has 0 atom stereocenters. The highest BCUT2D eigenvalue weighted by Crippen LogP contribution is 2.04. The molecule has 7 nitrogen and oxygen atoms in total. The maximum absolute atomic E-state index is 4.24. The second-order valence-electron chi connectivity index (χ2n) is 5.27. The highest BCUT2D eigenvalue weighted by Gasteiger charge is 2.03. The zero-order valence-electron chi connectivity index (χ0n) is 14.1. The molecule has 0 aromatic carbocycles. The van der Waals surface area contributed by atoms with Gasteiger partial charge in [-0.05, 0) is 30.5 Å². The van der Waals surface area contributed by atoms with E-state index in [1.807, 2.05) is 12.4 Å². The number of pyridine rings is 1. The first kappa shape index (κ1) is 16.9. The molecule has 0 aliphatic heterocycles. The largest absolute Gasteiger partial charge is 0.356 e. The average Bonchev–Trinajstić information content (AvgIpc) is 3.02. The molecule has 0 unspecified atom stereocenters. The van der Waals surface area contributed by atoms with Crippen molar-refractivity contribution in [1.29, 1.82) is 0 Å². The molecule has 0 bridgehead atoms. The summed E-state index contributed by atoms with van der Waals surface area (Å²) in [6.07, 6.45) is 7.33. The number of rotatable bonds is 7. The maximum atomic E-state index is 4.24. The number of aromatic nitrogens is 4. The van der Waals surface area contributed by atoms with Gasteiger partial charge in [0, 0.05) is 45.5 Å². The number of nitrogens with one attached hydrogen (secondary N) is 2. The van der Waals surface area contributed by atoms with Crippen LogP contribution in [0.4, 0.5) is 0 Å². The van der Waals surface area contributed by atoms with Crippen molar-refractivity contribution in [2.45, 2.75) is 33.2 Å². The van der Waals surface area contributed by atoms with Crippen molar-refractivity contribution in [2.75, 3.05) is 20.1 Å². The smallest absolute Gasteiger partial charge is 0.191 e. The minimum absolute atomic E-state index is 0.777. The van der Waals surface area contributed by atoms with Gasteiger partial charge in [0.15, 0.2) is 5.96 Å². The van der Waals surface area contributed by atoms with Gasteiger partial charge in [0.2, 0.25) is 0 Å². The molecule has 2 aromatic rings. The van der Waals surface area contributed by atoms with Gasteiger partial charge in [-0.1, -0.05) is 6.92 Å². The third-order valence-electron chi connectivity index (χ3n) is 3.70. The lowest BCUT2D eigenvalue weighted by Crippen LogP contribution is -2.39. The minimum Gasteiger partial charge on any atom is -0.356 e. The van der Waals surface area contributed by atoms with E-state index in [1.54, 1.807) is 13.4 Å². The van der Waals surface area contributed by atoms with Crippen molar-refractivity contribution >= 4 is 5.96 Å². The molecule has 7 heteroatoms. The van der Waals surface area contributed by atoms with Crippen LogP contribution in [0.3, 0.4) is 0 Å². The van der Waals surface area contributed by atoms with E-state index in [0.29, 0.717) is 0 Å². The van der Waals surface area contributed by atoms with Crippen LogP contribution >= 0.6 is 0 Å². The van der Waals surface area contributed by atoms with E-state index in [0.717, 1.165) is 44.3 Å². The predicted octanol–water partition coefficient (Wildman–Crippen LogP) is 0.952. The lowest BCUT2D eigenvalue weighted by atomic mass is 10.1. The van der Waals surface area contributed by atoms with Gasteiger partial charge < -0.3 is 15.2 Å². The van der Waals surface area contributed by atoms with Gasteiger partial charge in [-0.2, -0.15) is 0 Å². The Balaban J connectivity index is 1.72. The van der Waals surface area contributed by atoms with E-state index in [4.69, 9.17) is 0 Å². The lowest BCUT2D eigenvalue weighted by Gasteiger charge is -2.13. The standard InChI is InChI=1S/C16H25N7/c1-4-15-22-21-12-23(15)10-9-20-16(17-3)19-8-6-14-5-7-18-11-13(14)2/h5,7,11-12H,4,6,8-10H2,1-3H3,(H2,17,19,20). The summed E-state index contributed by atoms with van der Waals surface area (Å²) in [6, 6.07) is 2.06. The molecule has 0 aliphatic carbocycles. The summed E-state index contributed by atoms with van der Waals surface area (Å²) in [4.78, 5) is 8.36. The van der Waals surface area contributed by atoms with Gasteiger partial charge >= 0.3 is 0 Å². The van der Waals surface area contributed by atoms with E-state index in [1.165, 1.54) is 11.1 Å². The summed E-state index contributed by atoms with van der Waals surface area (Å²) in [5.41, 5.74) is 2.52. The molecule has 23 heavy (non-hydrogen) atoms. The first-order valence-electron chi connectivity index (χ1n) is 7.95. The lowest BCUT2D eigenvalue weighted by molar-refractivity contribution is 0.632. The van der Waals surface area contributed by atoms with E-state index in [2.05, 4.69) is 55.3 Å². The first-order valence-corrected chi connectivity index (χ1v) is 7.95. The van der Waals surface area contributed by atoms with Crippen LogP contribution in [0, 0.1) is 6.92 Å². The van der Waals surface area contributed by atoms with Gasteiger partial charge in [0.1, 0.15) is 12.2 Å². The van der Waals surface area contributed by atoms with Crippen LogP contribution in [0.2, 0.25) is 0 Å². The van der Waals surface area contributed by atoms with Gasteiger partial charge in [0.25, 0.3) is 0 Å². The molecular weight excluding hydrogens is 290 g/mol. The number of aliphatic imine (C=N–C) groups is 1. The third kappa shape index (κ3) is 5.05. The van der Waals surface area contributed by atoms with Gasteiger partial charge in [0.05, 0.1) is 0 Å². The molecule has 124 valence electrons. The minimum atomic E-state index is 0.777. The van der Waals surface area contributed by atoms with Crippen molar-refractivity contribution in [3.05, 3.63) is 41.7 Å². The summed E-state index contributed by atoms with van der Waals surface area (Å²) >= 11 is 0. The number of hydrogen-bond acceptors (Lipinski definition) is 4. The van der Waals surface area contributed by atoms with E-state index in [-0.39, 0.29) is 0 Å². The summed E-state index contributed by atoms with van der Waals surface area (Å²) < 4.78 is 2.06. The molecule has 0 aliphatic rings. The monoisotopic (exact) mass is 315 g/mol.